The summed E-state index contributed by atoms with van der Waals surface area (Å²) < 4.78 is 0. The van der Waals surface area contributed by atoms with Crippen molar-refractivity contribution in [3.8, 4) is 0 Å². The molecule has 0 spiro atoms. The summed E-state index contributed by atoms with van der Waals surface area (Å²) in [5.74, 6) is 0.155. The Morgan fingerprint density at radius 1 is 1.56 bits per heavy atom. The quantitative estimate of drug-likeness (QED) is 0.847. The number of amides is 1. The molecule has 98 valence electrons. The summed E-state index contributed by atoms with van der Waals surface area (Å²) in [4.78, 5) is 16.6. The first-order valence-electron chi connectivity index (χ1n) is 6.66. The third-order valence-corrected chi connectivity index (χ3v) is 3.79. The van der Waals surface area contributed by atoms with E-state index in [9.17, 15) is 4.79 Å². The van der Waals surface area contributed by atoms with E-state index in [0.29, 0.717) is 6.54 Å². The van der Waals surface area contributed by atoms with Crippen LogP contribution in [0.3, 0.4) is 0 Å². The Balaban J connectivity index is 1.94. The van der Waals surface area contributed by atoms with Crippen LogP contribution in [0.5, 0.6) is 0 Å². The Kier molecular flexibility index (Phi) is 4.31. The second-order valence-electron chi connectivity index (χ2n) is 4.92. The van der Waals surface area contributed by atoms with Gasteiger partial charge in [0.1, 0.15) is 0 Å². The van der Waals surface area contributed by atoms with Gasteiger partial charge in [-0.25, -0.2) is 0 Å². The van der Waals surface area contributed by atoms with Gasteiger partial charge in [-0.1, -0.05) is 13.0 Å². The van der Waals surface area contributed by atoms with Crippen LogP contribution in [0.4, 0.5) is 0 Å². The summed E-state index contributed by atoms with van der Waals surface area (Å²) >= 11 is 0. The van der Waals surface area contributed by atoms with E-state index in [2.05, 4.69) is 22.5 Å². The van der Waals surface area contributed by atoms with Gasteiger partial charge in [0.05, 0.1) is 17.7 Å². The van der Waals surface area contributed by atoms with Crippen LogP contribution in [0.1, 0.15) is 31.9 Å². The average molecular weight is 247 g/mol. The number of carbonyl (C=O) groups is 1. The van der Waals surface area contributed by atoms with Crippen LogP contribution < -0.4 is 10.6 Å². The molecule has 1 aliphatic rings. The molecule has 1 unspecified atom stereocenters. The first-order chi connectivity index (χ1) is 8.77. The highest BCUT2D eigenvalue weighted by molar-refractivity contribution is 5.82. The third-order valence-electron chi connectivity index (χ3n) is 3.79. The van der Waals surface area contributed by atoms with E-state index in [1.165, 1.54) is 0 Å². The van der Waals surface area contributed by atoms with Gasteiger partial charge in [-0.05, 0) is 37.9 Å². The Morgan fingerprint density at radius 2 is 2.44 bits per heavy atom. The first-order valence-corrected chi connectivity index (χ1v) is 6.66. The highest BCUT2D eigenvalue weighted by Crippen LogP contribution is 2.30. The van der Waals surface area contributed by atoms with Gasteiger partial charge in [-0.3, -0.25) is 9.78 Å². The second kappa shape index (κ2) is 5.96. The zero-order valence-electron chi connectivity index (χ0n) is 10.9. The fraction of sp³-hybridized carbons (Fsp3) is 0.571. The molecule has 1 saturated heterocycles. The summed E-state index contributed by atoms with van der Waals surface area (Å²) in [7, 11) is 0. The smallest absolute Gasteiger partial charge is 0.227 e. The maximum Gasteiger partial charge on any atom is 0.227 e. The van der Waals surface area contributed by atoms with Crippen molar-refractivity contribution < 1.29 is 4.79 Å². The van der Waals surface area contributed by atoms with Gasteiger partial charge in [0.25, 0.3) is 0 Å². The number of nitrogens with zero attached hydrogens (tertiary/aromatic N) is 1. The molecule has 2 N–H and O–H groups in total. The van der Waals surface area contributed by atoms with Crippen molar-refractivity contribution in [2.75, 3.05) is 13.1 Å². The summed E-state index contributed by atoms with van der Waals surface area (Å²) in [6.07, 6.45) is 4.68. The molecule has 18 heavy (non-hydrogen) atoms. The number of nitrogens with one attached hydrogen (secondary N) is 2. The first kappa shape index (κ1) is 13.0. The number of carbonyl (C=O) groups excluding carboxylic acids is 1. The largest absolute Gasteiger partial charge is 0.350 e. The Bertz CT molecular complexity index is 385. The molecule has 1 fully saturated rings. The van der Waals surface area contributed by atoms with E-state index in [4.69, 9.17) is 0 Å². The fourth-order valence-electron chi connectivity index (χ4n) is 2.49. The van der Waals surface area contributed by atoms with Gasteiger partial charge in [0.2, 0.25) is 5.91 Å². The topological polar surface area (TPSA) is 54.0 Å². The number of rotatable bonds is 4. The molecule has 0 aliphatic carbocycles. The van der Waals surface area contributed by atoms with Crippen molar-refractivity contribution in [1.82, 2.24) is 15.6 Å². The summed E-state index contributed by atoms with van der Waals surface area (Å²) in [5.41, 5.74) is 0.674. The minimum Gasteiger partial charge on any atom is -0.350 e. The van der Waals surface area contributed by atoms with Gasteiger partial charge in [0.15, 0.2) is 0 Å². The van der Waals surface area contributed by atoms with Gasteiger partial charge in [-0.2, -0.15) is 0 Å². The van der Waals surface area contributed by atoms with E-state index in [0.717, 1.165) is 38.0 Å². The number of aromatic nitrogens is 1. The SMILES string of the molecule is CCC1(C(=O)NCc2ccccn2)CCCNC1. The Hall–Kier alpha value is -1.42. The molecule has 1 aromatic heterocycles. The van der Waals surface area contributed by atoms with Crippen LogP contribution in [-0.2, 0) is 11.3 Å². The Labute approximate surface area is 108 Å². The maximum atomic E-state index is 12.3. The minimum absolute atomic E-state index is 0.155. The molecule has 0 aromatic carbocycles. The standard InChI is InChI=1S/C14H21N3O/c1-2-14(7-5-8-15-11-14)13(18)17-10-12-6-3-4-9-16-12/h3-4,6,9,15H,2,5,7-8,10-11H2,1H3,(H,17,18). The molecule has 1 atom stereocenters. The van der Waals surface area contributed by atoms with Gasteiger partial charge < -0.3 is 10.6 Å². The van der Waals surface area contributed by atoms with Gasteiger partial charge in [-0.15, -0.1) is 0 Å². The molecule has 4 heteroatoms. The van der Waals surface area contributed by atoms with Crippen molar-refractivity contribution in [2.24, 2.45) is 5.41 Å². The summed E-state index contributed by atoms with van der Waals surface area (Å²) in [6, 6.07) is 5.74. The van der Waals surface area contributed by atoms with Crippen LogP contribution in [-0.4, -0.2) is 24.0 Å². The molecule has 0 saturated carbocycles. The minimum atomic E-state index is -0.229. The normalized spacial score (nSPS) is 23.6. The van der Waals surface area contributed by atoms with Crippen LogP contribution >= 0.6 is 0 Å². The Morgan fingerprint density at radius 3 is 3.06 bits per heavy atom. The lowest BCUT2D eigenvalue weighted by molar-refractivity contribution is -0.132. The predicted octanol–water partition coefficient (Wildman–Crippen LogP) is 1.48. The van der Waals surface area contributed by atoms with Crippen LogP contribution in [0.25, 0.3) is 0 Å². The molecule has 1 aromatic rings. The molecule has 2 rings (SSSR count). The summed E-state index contributed by atoms with van der Waals surface area (Å²) in [5, 5.41) is 6.35. The van der Waals surface area contributed by atoms with Crippen LogP contribution in [0, 0.1) is 5.41 Å². The number of pyridine rings is 1. The van der Waals surface area contributed by atoms with Crippen LogP contribution in [0.15, 0.2) is 24.4 Å². The van der Waals surface area contributed by atoms with Crippen LogP contribution in [0.2, 0.25) is 0 Å². The van der Waals surface area contributed by atoms with Gasteiger partial charge >= 0.3 is 0 Å². The zero-order chi connectivity index (χ0) is 12.8. The zero-order valence-corrected chi connectivity index (χ0v) is 10.9. The lowest BCUT2D eigenvalue weighted by Crippen LogP contribution is -2.50. The van der Waals surface area contributed by atoms with E-state index >= 15 is 0 Å². The number of piperidine rings is 1. The molecule has 0 bridgehead atoms. The lowest BCUT2D eigenvalue weighted by Gasteiger charge is -2.35. The van der Waals surface area contributed by atoms with E-state index in [1.807, 2.05) is 18.2 Å². The van der Waals surface area contributed by atoms with Crippen molar-refractivity contribution in [2.45, 2.75) is 32.7 Å². The lowest BCUT2D eigenvalue weighted by atomic mass is 9.77. The molecule has 0 radical (unpaired) electrons. The van der Waals surface area contributed by atoms with Crippen molar-refractivity contribution in [3.05, 3.63) is 30.1 Å². The molecular formula is C14H21N3O. The van der Waals surface area contributed by atoms with Crippen molar-refractivity contribution in [1.29, 1.82) is 0 Å². The number of hydrogen-bond acceptors (Lipinski definition) is 3. The average Bonchev–Trinajstić information content (AvgIpc) is 2.46. The summed E-state index contributed by atoms with van der Waals surface area (Å²) in [6.45, 7) is 4.42. The van der Waals surface area contributed by atoms with Crippen molar-refractivity contribution >= 4 is 5.91 Å². The van der Waals surface area contributed by atoms with E-state index < -0.39 is 0 Å². The molecular weight excluding hydrogens is 226 g/mol. The second-order valence-corrected chi connectivity index (χ2v) is 4.92. The molecule has 1 amide bonds. The van der Waals surface area contributed by atoms with E-state index in [-0.39, 0.29) is 11.3 Å². The van der Waals surface area contributed by atoms with Gasteiger partial charge in [0, 0.05) is 12.7 Å². The fourth-order valence-corrected chi connectivity index (χ4v) is 2.49. The predicted molar refractivity (Wildman–Crippen MR) is 70.9 cm³/mol. The maximum absolute atomic E-state index is 12.3. The highest BCUT2D eigenvalue weighted by Gasteiger charge is 2.37. The molecule has 4 nitrogen and oxygen atoms in total. The third kappa shape index (κ3) is 2.88. The number of hydrogen-bond donors (Lipinski definition) is 2. The van der Waals surface area contributed by atoms with Crippen molar-refractivity contribution in [3.63, 3.8) is 0 Å². The molecule has 2 heterocycles. The monoisotopic (exact) mass is 247 g/mol. The molecule has 1 aliphatic heterocycles. The van der Waals surface area contributed by atoms with E-state index in [1.54, 1.807) is 6.20 Å². The highest BCUT2D eigenvalue weighted by atomic mass is 16.2.